The summed E-state index contributed by atoms with van der Waals surface area (Å²) in [6, 6.07) is 6.97. The molecule has 0 aromatic heterocycles. The predicted octanol–water partition coefficient (Wildman–Crippen LogP) is 1.32. The molecule has 4 nitrogen and oxygen atoms in total. The number of carbonyl (C=O) groups excluding carboxylic acids is 1. The van der Waals surface area contributed by atoms with Gasteiger partial charge < -0.3 is 10.3 Å². The lowest BCUT2D eigenvalue weighted by Crippen LogP contribution is -2.01. The number of nitrogens with zero attached hydrogens (tertiary/aromatic N) is 2. The highest BCUT2D eigenvalue weighted by atomic mass is 16.5. The highest BCUT2D eigenvalue weighted by Crippen LogP contribution is 2.06. The molecule has 0 amide bonds. The molecule has 0 atom stereocenters. The van der Waals surface area contributed by atoms with Gasteiger partial charge in [-0.3, -0.25) is 0 Å². The molecule has 0 saturated heterocycles. The van der Waals surface area contributed by atoms with Gasteiger partial charge in [0.15, 0.2) is 0 Å². The molecule has 4 heteroatoms. The molecule has 14 heavy (non-hydrogen) atoms. The third-order valence-corrected chi connectivity index (χ3v) is 1.76. The summed E-state index contributed by atoms with van der Waals surface area (Å²) in [7, 11) is 1.34. The zero-order valence-electron chi connectivity index (χ0n) is 7.80. The molecule has 0 radical (unpaired) electrons. The van der Waals surface area contributed by atoms with Crippen LogP contribution in [0.4, 0.5) is 0 Å². The molecule has 0 spiro atoms. The van der Waals surface area contributed by atoms with Crippen molar-refractivity contribution in [3.05, 3.63) is 40.9 Å². The summed E-state index contributed by atoms with van der Waals surface area (Å²) in [4.78, 5) is 14.0. The largest absolute Gasteiger partial charge is 0.465 e. The highest BCUT2D eigenvalue weighted by molar-refractivity contribution is 5.89. The second kappa shape index (κ2) is 4.94. The van der Waals surface area contributed by atoms with E-state index in [-0.39, 0.29) is 5.97 Å². The lowest BCUT2D eigenvalue weighted by molar-refractivity contribution is 0.00156. The molecule has 1 aromatic rings. The van der Waals surface area contributed by atoms with E-state index in [1.54, 1.807) is 18.2 Å². The SMILES string of the molecule is COC(=O)c1cccc(CC=[N+]=[N-])c1. The number of methoxy groups -OCH3 is 1. The Bertz CT molecular complexity index is 381. The summed E-state index contributed by atoms with van der Waals surface area (Å²) >= 11 is 0. The number of hydrogen-bond donors (Lipinski definition) is 0. The van der Waals surface area contributed by atoms with Gasteiger partial charge in [-0.2, -0.15) is 4.79 Å². The fourth-order valence-electron chi connectivity index (χ4n) is 1.09. The van der Waals surface area contributed by atoms with Crippen LogP contribution in [0.25, 0.3) is 5.53 Å². The number of esters is 1. The van der Waals surface area contributed by atoms with E-state index in [1.807, 2.05) is 6.07 Å². The number of benzene rings is 1. The van der Waals surface area contributed by atoms with E-state index in [9.17, 15) is 4.79 Å². The first-order valence-corrected chi connectivity index (χ1v) is 4.11. The Kier molecular flexibility index (Phi) is 3.58. The van der Waals surface area contributed by atoms with Gasteiger partial charge >= 0.3 is 5.97 Å². The van der Waals surface area contributed by atoms with Crippen LogP contribution in [0.3, 0.4) is 0 Å². The summed E-state index contributed by atoms with van der Waals surface area (Å²) in [5, 5.41) is 0. The first-order chi connectivity index (χ1) is 6.77. The minimum atomic E-state index is -0.368. The van der Waals surface area contributed by atoms with E-state index in [4.69, 9.17) is 5.53 Å². The molecule has 0 bridgehead atoms. The molecule has 1 aromatic carbocycles. The lowest BCUT2D eigenvalue weighted by Gasteiger charge is -1.99. The molecule has 0 N–H and O–H groups in total. The van der Waals surface area contributed by atoms with Gasteiger partial charge in [0.2, 0.25) is 0 Å². The van der Waals surface area contributed by atoms with E-state index in [0.29, 0.717) is 12.0 Å². The molecule has 0 aliphatic rings. The summed E-state index contributed by atoms with van der Waals surface area (Å²) in [5.74, 6) is -0.368. The van der Waals surface area contributed by atoms with Gasteiger partial charge in [0.05, 0.1) is 19.1 Å². The van der Waals surface area contributed by atoms with Gasteiger partial charge in [-0.05, 0) is 17.7 Å². The molecular formula is C10H10N2O2. The van der Waals surface area contributed by atoms with Crippen molar-refractivity contribution in [1.82, 2.24) is 0 Å². The summed E-state index contributed by atoms with van der Waals surface area (Å²) in [6.07, 6.45) is 1.84. The molecule has 0 aliphatic heterocycles. The topological polar surface area (TPSA) is 62.7 Å². The fraction of sp³-hybridized carbons (Fsp3) is 0.200. The van der Waals surface area contributed by atoms with Crippen molar-refractivity contribution in [2.45, 2.75) is 6.42 Å². The van der Waals surface area contributed by atoms with Gasteiger partial charge in [0.25, 0.3) is 6.21 Å². The normalized spacial score (nSPS) is 8.93. The van der Waals surface area contributed by atoms with E-state index < -0.39 is 0 Å². The Morgan fingerprint density at radius 3 is 3.07 bits per heavy atom. The van der Waals surface area contributed by atoms with Crippen molar-refractivity contribution in [3.63, 3.8) is 0 Å². The van der Waals surface area contributed by atoms with Crippen molar-refractivity contribution < 1.29 is 14.3 Å². The Labute approximate surface area is 81.7 Å². The minimum Gasteiger partial charge on any atom is -0.465 e. The standard InChI is InChI=1S/C10H10N2O2/c1-14-10(13)9-4-2-3-8(7-9)5-6-12-11/h2-4,6-7H,5H2,1H3. The van der Waals surface area contributed by atoms with Gasteiger partial charge in [0, 0.05) is 0 Å². The van der Waals surface area contributed by atoms with E-state index in [2.05, 4.69) is 9.53 Å². The average molecular weight is 190 g/mol. The molecule has 1 rings (SSSR count). The second-order valence-electron chi connectivity index (χ2n) is 2.69. The third kappa shape index (κ3) is 2.54. The molecule has 0 saturated carbocycles. The summed E-state index contributed by atoms with van der Waals surface area (Å²) in [5.41, 5.74) is 9.62. The predicted molar refractivity (Wildman–Crippen MR) is 51.2 cm³/mol. The molecule has 72 valence electrons. The summed E-state index contributed by atoms with van der Waals surface area (Å²) < 4.78 is 4.57. The van der Waals surface area contributed by atoms with Crippen LogP contribution in [0.15, 0.2) is 24.3 Å². The van der Waals surface area contributed by atoms with Crippen molar-refractivity contribution in [3.8, 4) is 0 Å². The van der Waals surface area contributed by atoms with Crippen LogP contribution < -0.4 is 0 Å². The van der Waals surface area contributed by atoms with Gasteiger partial charge in [-0.25, -0.2) is 4.79 Å². The number of hydrogen-bond acceptors (Lipinski definition) is 2. The van der Waals surface area contributed by atoms with Crippen LogP contribution in [-0.4, -0.2) is 24.1 Å². The van der Waals surface area contributed by atoms with Crippen molar-refractivity contribution in [1.29, 1.82) is 0 Å². The average Bonchev–Trinajstić information content (AvgIpc) is 2.25. The van der Waals surface area contributed by atoms with Crippen LogP contribution in [-0.2, 0) is 11.2 Å². The second-order valence-corrected chi connectivity index (χ2v) is 2.69. The van der Waals surface area contributed by atoms with E-state index in [0.717, 1.165) is 5.56 Å². The molecule has 0 unspecified atom stereocenters. The van der Waals surface area contributed by atoms with Crippen molar-refractivity contribution >= 4 is 12.2 Å². The van der Waals surface area contributed by atoms with Gasteiger partial charge in [-0.15, -0.1) is 0 Å². The highest BCUT2D eigenvalue weighted by Gasteiger charge is 2.05. The quantitative estimate of drug-likeness (QED) is 0.312. The molecule has 0 fully saturated rings. The van der Waals surface area contributed by atoms with Gasteiger partial charge in [0.1, 0.15) is 0 Å². The number of rotatable bonds is 3. The Hall–Kier alpha value is -1.93. The Balaban J connectivity index is 2.88. The first-order valence-electron chi connectivity index (χ1n) is 4.11. The molecule has 0 heterocycles. The van der Waals surface area contributed by atoms with E-state index in [1.165, 1.54) is 13.3 Å². The lowest BCUT2D eigenvalue weighted by atomic mass is 10.1. The molecule has 0 aliphatic carbocycles. The van der Waals surface area contributed by atoms with Crippen LogP contribution in [0, 0.1) is 0 Å². The monoisotopic (exact) mass is 190 g/mol. The van der Waals surface area contributed by atoms with Gasteiger partial charge in [-0.1, -0.05) is 12.1 Å². The van der Waals surface area contributed by atoms with Crippen LogP contribution >= 0.6 is 0 Å². The minimum absolute atomic E-state index is 0.368. The van der Waals surface area contributed by atoms with Crippen LogP contribution in [0.2, 0.25) is 0 Å². The summed E-state index contributed by atoms with van der Waals surface area (Å²) in [6.45, 7) is 0. The van der Waals surface area contributed by atoms with E-state index >= 15 is 0 Å². The van der Waals surface area contributed by atoms with Crippen LogP contribution in [0.5, 0.6) is 0 Å². The Morgan fingerprint density at radius 2 is 2.43 bits per heavy atom. The number of ether oxygens (including phenoxy) is 1. The maximum atomic E-state index is 11.1. The van der Waals surface area contributed by atoms with Crippen molar-refractivity contribution in [2.75, 3.05) is 7.11 Å². The number of carbonyl (C=O) groups is 1. The molecular weight excluding hydrogens is 180 g/mol. The van der Waals surface area contributed by atoms with Crippen LogP contribution in [0.1, 0.15) is 15.9 Å². The maximum Gasteiger partial charge on any atom is 0.337 e. The zero-order chi connectivity index (χ0) is 10.4. The fourth-order valence-corrected chi connectivity index (χ4v) is 1.09. The maximum absolute atomic E-state index is 11.1. The zero-order valence-corrected chi connectivity index (χ0v) is 7.80. The Morgan fingerprint density at radius 1 is 1.64 bits per heavy atom. The smallest absolute Gasteiger partial charge is 0.337 e. The van der Waals surface area contributed by atoms with Crippen molar-refractivity contribution in [2.24, 2.45) is 0 Å². The third-order valence-electron chi connectivity index (χ3n) is 1.76. The first kappa shape index (κ1) is 10.2.